The van der Waals surface area contributed by atoms with Gasteiger partial charge in [-0.1, -0.05) is 13.8 Å². The number of hydrogen-bond donors (Lipinski definition) is 2. The normalized spacial score (nSPS) is 11.2. The van der Waals surface area contributed by atoms with Crippen LogP contribution in [0.4, 0.5) is 10.5 Å². The fourth-order valence-corrected chi connectivity index (χ4v) is 3.21. The number of rotatable bonds is 6. The van der Waals surface area contributed by atoms with E-state index in [9.17, 15) is 9.59 Å². The van der Waals surface area contributed by atoms with E-state index in [4.69, 9.17) is 0 Å². The number of hydrogen-bond acceptors (Lipinski definition) is 5. The number of fused-ring (bicyclic) bond motifs is 1. The van der Waals surface area contributed by atoms with Crippen LogP contribution in [0, 0.1) is 0 Å². The highest BCUT2D eigenvalue weighted by molar-refractivity contribution is 7.15. The van der Waals surface area contributed by atoms with Crippen molar-refractivity contribution in [1.82, 2.24) is 24.3 Å². The highest BCUT2D eigenvalue weighted by Gasteiger charge is 2.09. The molecule has 0 spiro atoms. The van der Waals surface area contributed by atoms with E-state index in [-0.39, 0.29) is 11.2 Å². The third-order valence-corrected chi connectivity index (χ3v) is 4.49. The highest BCUT2D eigenvalue weighted by atomic mass is 32.1. The Kier molecular flexibility index (Phi) is 5.13. The molecule has 0 aliphatic carbocycles. The van der Waals surface area contributed by atoms with Crippen molar-refractivity contribution in [2.24, 2.45) is 0 Å². The van der Waals surface area contributed by atoms with Crippen molar-refractivity contribution in [3.63, 3.8) is 0 Å². The third kappa shape index (κ3) is 3.87. The molecule has 132 valence electrons. The average Bonchev–Trinajstić information content (AvgIpc) is 3.23. The van der Waals surface area contributed by atoms with E-state index in [0.717, 1.165) is 18.8 Å². The molecule has 9 heteroatoms. The summed E-state index contributed by atoms with van der Waals surface area (Å²) in [5.41, 5.74) is -0.133. The second-order valence-electron chi connectivity index (χ2n) is 5.90. The van der Waals surface area contributed by atoms with Gasteiger partial charge in [0.15, 0.2) is 4.96 Å². The first kappa shape index (κ1) is 17.2. The second kappa shape index (κ2) is 7.47. The van der Waals surface area contributed by atoms with Crippen molar-refractivity contribution in [1.29, 1.82) is 0 Å². The lowest BCUT2D eigenvalue weighted by molar-refractivity contribution is 0.251. The summed E-state index contributed by atoms with van der Waals surface area (Å²) in [5, 5.41) is 7.08. The van der Waals surface area contributed by atoms with Crippen LogP contribution in [0.25, 0.3) is 4.96 Å². The number of nitrogens with one attached hydrogen (secondary N) is 2. The minimum Gasteiger partial charge on any atom is -0.338 e. The van der Waals surface area contributed by atoms with Crippen molar-refractivity contribution in [3.05, 3.63) is 46.3 Å². The summed E-state index contributed by atoms with van der Waals surface area (Å²) < 4.78 is 3.50. The molecule has 0 aromatic carbocycles. The number of thiazole rings is 1. The molecular formula is C16H20N6O2S. The van der Waals surface area contributed by atoms with Crippen LogP contribution in [0.2, 0.25) is 0 Å². The van der Waals surface area contributed by atoms with Gasteiger partial charge in [0.25, 0.3) is 5.56 Å². The monoisotopic (exact) mass is 360 g/mol. The first-order valence-corrected chi connectivity index (χ1v) is 8.95. The smallest absolute Gasteiger partial charge is 0.319 e. The summed E-state index contributed by atoms with van der Waals surface area (Å²) in [6.07, 6.45) is 7.52. The first-order valence-electron chi connectivity index (χ1n) is 8.07. The SMILES string of the molecule is CC(C)c1nccn1CCCNC(=O)Nc1cnc2sccn2c1=O. The third-order valence-electron chi connectivity index (χ3n) is 3.72. The Hall–Kier alpha value is -2.68. The van der Waals surface area contributed by atoms with Crippen molar-refractivity contribution < 1.29 is 4.79 Å². The molecule has 3 aromatic rings. The molecule has 25 heavy (non-hydrogen) atoms. The van der Waals surface area contributed by atoms with Crippen molar-refractivity contribution in [2.45, 2.75) is 32.7 Å². The Balaban J connectivity index is 1.50. The molecule has 3 aromatic heterocycles. The molecule has 3 rings (SSSR count). The predicted octanol–water partition coefficient (Wildman–Crippen LogP) is 2.29. The van der Waals surface area contributed by atoms with Crippen LogP contribution in [0.15, 0.2) is 35.0 Å². The van der Waals surface area contributed by atoms with E-state index in [2.05, 4.69) is 39.0 Å². The van der Waals surface area contributed by atoms with Crippen molar-refractivity contribution >= 4 is 28.0 Å². The maximum absolute atomic E-state index is 12.2. The minimum absolute atomic E-state index is 0.158. The Morgan fingerprint density at radius 1 is 1.32 bits per heavy atom. The van der Waals surface area contributed by atoms with E-state index < -0.39 is 6.03 Å². The van der Waals surface area contributed by atoms with Gasteiger partial charge in [-0.3, -0.25) is 9.20 Å². The summed E-state index contributed by atoms with van der Waals surface area (Å²) in [7, 11) is 0. The molecule has 2 N–H and O–H groups in total. The maximum atomic E-state index is 12.2. The Bertz CT molecular complexity index is 926. The van der Waals surface area contributed by atoms with Crippen LogP contribution < -0.4 is 16.2 Å². The summed E-state index contributed by atoms with van der Waals surface area (Å²) in [6, 6.07) is -0.413. The van der Waals surface area contributed by atoms with Crippen LogP contribution in [0.1, 0.15) is 32.0 Å². The van der Waals surface area contributed by atoms with Gasteiger partial charge in [0.1, 0.15) is 11.5 Å². The number of carbonyl (C=O) groups excluding carboxylic acids is 1. The fraction of sp³-hybridized carbons (Fsp3) is 0.375. The van der Waals surface area contributed by atoms with Crippen LogP contribution in [0.3, 0.4) is 0 Å². The Morgan fingerprint density at radius 3 is 2.96 bits per heavy atom. The molecule has 0 atom stereocenters. The molecule has 0 unspecified atom stereocenters. The molecule has 0 aliphatic rings. The fourth-order valence-electron chi connectivity index (χ4n) is 2.54. The Labute approximate surface area is 148 Å². The zero-order chi connectivity index (χ0) is 17.8. The predicted molar refractivity (Wildman–Crippen MR) is 97.3 cm³/mol. The number of aromatic nitrogens is 4. The molecule has 2 amide bonds. The standard InChI is InChI=1S/C16H20N6O2S/c1-11(2)13-17-5-7-21(13)6-3-4-18-15(24)20-12-10-19-16-22(14(12)23)8-9-25-16/h5,7-11H,3-4,6H2,1-2H3,(H2,18,20,24). The number of amides is 2. The number of imidazole rings is 1. The molecule has 0 radical (unpaired) electrons. The summed E-state index contributed by atoms with van der Waals surface area (Å²) in [5.74, 6) is 1.39. The number of carbonyl (C=O) groups is 1. The summed E-state index contributed by atoms with van der Waals surface area (Å²) in [6.45, 7) is 5.47. The van der Waals surface area contributed by atoms with Gasteiger partial charge in [-0.25, -0.2) is 14.8 Å². The molecule has 0 bridgehead atoms. The van der Waals surface area contributed by atoms with E-state index in [0.29, 0.717) is 17.4 Å². The van der Waals surface area contributed by atoms with Crippen LogP contribution in [0.5, 0.6) is 0 Å². The van der Waals surface area contributed by atoms with E-state index in [1.54, 1.807) is 17.8 Å². The molecule has 0 fully saturated rings. The van der Waals surface area contributed by atoms with Gasteiger partial charge < -0.3 is 15.2 Å². The quantitative estimate of drug-likeness (QED) is 0.660. The van der Waals surface area contributed by atoms with Crippen LogP contribution >= 0.6 is 11.3 Å². The topological polar surface area (TPSA) is 93.3 Å². The van der Waals surface area contributed by atoms with Crippen molar-refractivity contribution in [2.75, 3.05) is 11.9 Å². The highest BCUT2D eigenvalue weighted by Crippen LogP contribution is 2.12. The molecule has 0 saturated carbocycles. The Morgan fingerprint density at radius 2 is 2.16 bits per heavy atom. The maximum Gasteiger partial charge on any atom is 0.319 e. The number of urea groups is 1. The largest absolute Gasteiger partial charge is 0.338 e. The minimum atomic E-state index is -0.413. The lowest BCUT2D eigenvalue weighted by Gasteiger charge is -2.11. The second-order valence-corrected chi connectivity index (χ2v) is 6.77. The molecular weight excluding hydrogens is 340 g/mol. The van der Waals surface area contributed by atoms with Gasteiger partial charge in [0.05, 0.1) is 6.20 Å². The summed E-state index contributed by atoms with van der Waals surface area (Å²) >= 11 is 1.36. The van der Waals surface area contributed by atoms with Gasteiger partial charge >= 0.3 is 6.03 Å². The number of aryl methyl sites for hydroxylation is 1. The van der Waals surface area contributed by atoms with Gasteiger partial charge in [0.2, 0.25) is 0 Å². The first-order chi connectivity index (χ1) is 12.1. The lowest BCUT2D eigenvalue weighted by Crippen LogP contribution is -2.32. The van der Waals surface area contributed by atoms with Crippen molar-refractivity contribution in [3.8, 4) is 0 Å². The zero-order valence-corrected chi connectivity index (χ0v) is 14.9. The molecule has 0 saturated heterocycles. The van der Waals surface area contributed by atoms with Gasteiger partial charge in [-0.05, 0) is 6.42 Å². The molecule has 0 aliphatic heterocycles. The molecule has 8 nitrogen and oxygen atoms in total. The van der Waals surface area contributed by atoms with E-state index >= 15 is 0 Å². The number of anilines is 1. The van der Waals surface area contributed by atoms with Gasteiger partial charge in [0, 0.05) is 43.0 Å². The van der Waals surface area contributed by atoms with Crippen LogP contribution in [-0.2, 0) is 6.54 Å². The van der Waals surface area contributed by atoms with Crippen LogP contribution in [-0.4, -0.2) is 31.5 Å². The molecule has 3 heterocycles. The number of nitrogens with zero attached hydrogens (tertiary/aromatic N) is 4. The lowest BCUT2D eigenvalue weighted by atomic mass is 10.2. The zero-order valence-electron chi connectivity index (χ0n) is 14.1. The summed E-state index contributed by atoms with van der Waals surface area (Å²) in [4.78, 5) is 33.2. The van der Waals surface area contributed by atoms with E-state index in [1.165, 1.54) is 21.9 Å². The van der Waals surface area contributed by atoms with Gasteiger partial charge in [-0.15, -0.1) is 11.3 Å². The van der Waals surface area contributed by atoms with E-state index in [1.807, 2.05) is 6.20 Å². The average molecular weight is 360 g/mol. The van der Waals surface area contributed by atoms with Gasteiger partial charge in [-0.2, -0.15) is 0 Å².